The minimum absolute atomic E-state index is 0.922. The predicted octanol–water partition coefficient (Wildman–Crippen LogP) is 2.22. The van der Waals surface area contributed by atoms with E-state index in [4.69, 9.17) is 4.74 Å². The fourth-order valence-corrected chi connectivity index (χ4v) is 2.66. The summed E-state index contributed by atoms with van der Waals surface area (Å²) >= 11 is 0. The molecule has 1 aromatic carbocycles. The molecule has 0 amide bonds. The van der Waals surface area contributed by atoms with Crippen molar-refractivity contribution < 1.29 is 4.74 Å². The molecular formula is C16H26N2O. The molecule has 1 aromatic rings. The SMILES string of the molecule is COc1cccc(CCNCCC2CCNCC2)c1. The first-order valence-corrected chi connectivity index (χ1v) is 7.43. The fourth-order valence-electron chi connectivity index (χ4n) is 2.66. The van der Waals surface area contributed by atoms with Crippen molar-refractivity contribution in [1.29, 1.82) is 0 Å². The van der Waals surface area contributed by atoms with Gasteiger partial charge in [0.05, 0.1) is 7.11 Å². The van der Waals surface area contributed by atoms with Crippen LogP contribution < -0.4 is 15.4 Å². The van der Waals surface area contributed by atoms with Gasteiger partial charge in [0, 0.05) is 0 Å². The van der Waals surface area contributed by atoms with Crippen LogP contribution in [-0.2, 0) is 6.42 Å². The van der Waals surface area contributed by atoms with Gasteiger partial charge in [0.25, 0.3) is 0 Å². The number of piperidine rings is 1. The van der Waals surface area contributed by atoms with Crippen LogP contribution in [0, 0.1) is 5.92 Å². The molecule has 3 heteroatoms. The van der Waals surface area contributed by atoms with E-state index in [0.29, 0.717) is 0 Å². The third kappa shape index (κ3) is 5.21. The molecule has 0 aromatic heterocycles. The Morgan fingerprint density at radius 1 is 1.26 bits per heavy atom. The molecule has 106 valence electrons. The molecule has 0 atom stereocenters. The van der Waals surface area contributed by atoms with E-state index in [1.54, 1.807) is 7.11 Å². The average molecular weight is 262 g/mol. The van der Waals surface area contributed by atoms with Crippen LogP contribution in [0.3, 0.4) is 0 Å². The first kappa shape index (κ1) is 14.4. The molecule has 1 aliphatic heterocycles. The molecule has 0 radical (unpaired) electrons. The van der Waals surface area contributed by atoms with E-state index in [0.717, 1.165) is 31.2 Å². The fraction of sp³-hybridized carbons (Fsp3) is 0.625. The zero-order valence-corrected chi connectivity index (χ0v) is 12.0. The van der Waals surface area contributed by atoms with Gasteiger partial charge < -0.3 is 15.4 Å². The van der Waals surface area contributed by atoms with E-state index in [-0.39, 0.29) is 0 Å². The lowest BCUT2D eigenvalue weighted by atomic mass is 9.95. The summed E-state index contributed by atoms with van der Waals surface area (Å²) in [7, 11) is 1.72. The van der Waals surface area contributed by atoms with Crippen molar-refractivity contribution in [3.63, 3.8) is 0 Å². The Hall–Kier alpha value is -1.06. The quantitative estimate of drug-likeness (QED) is 0.739. The van der Waals surface area contributed by atoms with Gasteiger partial charge >= 0.3 is 0 Å². The van der Waals surface area contributed by atoms with Crippen molar-refractivity contribution in [3.05, 3.63) is 29.8 Å². The Kier molecular flexibility index (Phi) is 6.18. The van der Waals surface area contributed by atoms with E-state index in [1.165, 1.54) is 37.9 Å². The predicted molar refractivity (Wildman–Crippen MR) is 79.8 cm³/mol. The third-order valence-electron chi connectivity index (χ3n) is 3.91. The topological polar surface area (TPSA) is 33.3 Å². The highest BCUT2D eigenvalue weighted by molar-refractivity contribution is 5.28. The molecular weight excluding hydrogens is 236 g/mol. The summed E-state index contributed by atoms with van der Waals surface area (Å²) in [6.07, 6.45) is 5.08. The number of methoxy groups -OCH3 is 1. The highest BCUT2D eigenvalue weighted by Gasteiger charge is 2.11. The number of rotatable bonds is 7. The van der Waals surface area contributed by atoms with Crippen molar-refractivity contribution in [2.24, 2.45) is 5.92 Å². The molecule has 0 bridgehead atoms. The smallest absolute Gasteiger partial charge is 0.119 e. The first-order chi connectivity index (χ1) is 9.38. The monoisotopic (exact) mass is 262 g/mol. The van der Waals surface area contributed by atoms with Gasteiger partial charge in [-0.25, -0.2) is 0 Å². The summed E-state index contributed by atoms with van der Waals surface area (Å²) in [5.41, 5.74) is 1.34. The number of hydrogen-bond donors (Lipinski definition) is 2. The Balaban J connectivity index is 1.58. The van der Waals surface area contributed by atoms with Gasteiger partial charge in [0.2, 0.25) is 0 Å². The van der Waals surface area contributed by atoms with E-state index in [2.05, 4.69) is 28.8 Å². The van der Waals surface area contributed by atoms with Gasteiger partial charge in [0.1, 0.15) is 5.75 Å². The Bertz CT molecular complexity index is 362. The maximum Gasteiger partial charge on any atom is 0.119 e. The Labute approximate surface area is 116 Å². The molecule has 2 rings (SSSR count). The van der Waals surface area contributed by atoms with E-state index in [9.17, 15) is 0 Å². The zero-order chi connectivity index (χ0) is 13.3. The minimum Gasteiger partial charge on any atom is -0.497 e. The molecule has 3 nitrogen and oxygen atoms in total. The second kappa shape index (κ2) is 8.18. The standard InChI is InChI=1S/C16H26N2O/c1-19-16-4-2-3-15(13-16)8-12-18-11-7-14-5-9-17-10-6-14/h2-4,13-14,17-18H,5-12H2,1H3. The molecule has 2 N–H and O–H groups in total. The lowest BCUT2D eigenvalue weighted by molar-refractivity contribution is 0.349. The summed E-state index contributed by atoms with van der Waals surface area (Å²) in [5, 5.41) is 6.97. The second-order valence-electron chi connectivity index (χ2n) is 5.33. The van der Waals surface area contributed by atoms with Crippen LogP contribution >= 0.6 is 0 Å². The van der Waals surface area contributed by atoms with Gasteiger partial charge in [-0.2, -0.15) is 0 Å². The lowest BCUT2D eigenvalue weighted by Gasteiger charge is -2.22. The number of hydrogen-bond acceptors (Lipinski definition) is 3. The summed E-state index contributed by atoms with van der Waals surface area (Å²) in [6.45, 7) is 4.61. The summed E-state index contributed by atoms with van der Waals surface area (Å²) in [5.74, 6) is 1.87. The minimum atomic E-state index is 0.922. The highest BCUT2D eigenvalue weighted by atomic mass is 16.5. The maximum absolute atomic E-state index is 5.24. The summed E-state index contributed by atoms with van der Waals surface area (Å²) < 4.78 is 5.24. The van der Waals surface area contributed by atoms with Gasteiger partial charge in [-0.15, -0.1) is 0 Å². The summed E-state index contributed by atoms with van der Waals surface area (Å²) in [6, 6.07) is 8.34. The molecule has 0 aliphatic carbocycles. The number of ether oxygens (including phenoxy) is 1. The largest absolute Gasteiger partial charge is 0.497 e. The van der Waals surface area contributed by atoms with Crippen molar-refractivity contribution in [3.8, 4) is 5.75 Å². The molecule has 0 saturated carbocycles. The molecule has 19 heavy (non-hydrogen) atoms. The van der Waals surface area contributed by atoms with Crippen molar-refractivity contribution >= 4 is 0 Å². The Morgan fingerprint density at radius 3 is 2.89 bits per heavy atom. The van der Waals surface area contributed by atoms with Crippen molar-refractivity contribution in [1.82, 2.24) is 10.6 Å². The highest BCUT2D eigenvalue weighted by Crippen LogP contribution is 2.15. The molecule has 1 fully saturated rings. The van der Waals surface area contributed by atoms with Crippen LogP contribution in [0.25, 0.3) is 0 Å². The lowest BCUT2D eigenvalue weighted by Crippen LogP contribution is -2.30. The zero-order valence-electron chi connectivity index (χ0n) is 12.0. The van der Waals surface area contributed by atoms with Crippen LogP contribution in [0.2, 0.25) is 0 Å². The molecule has 1 saturated heterocycles. The number of benzene rings is 1. The van der Waals surface area contributed by atoms with Crippen LogP contribution in [0.1, 0.15) is 24.8 Å². The van der Waals surface area contributed by atoms with Crippen LogP contribution in [0.4, 0.5) is 0 Å². The first-order valence-electron chi connectivity index (χ1n) is 7.43. The molecule has 0 unspecified atom stereocenters. The maximum atomic E-state index is 5.24. The summed E-state index contributed by atoms with van der Waals surface area (Å²) in [4.78, 5) is 0. The molecule has 0 spiro atoms. The normalized spacial score (nSPS) is 16.5. The van der Waals surface area contributed by atoms with Gasteiger partial charge in [-0.05, 0) is 75.5 Å². The average Bonchev–Trinajstić information content (AvgIpc) is 2.48. The van der Waals surface area contributed by atoms with E-state index >= 15 is 0 Å². The third-order valence-corrected chi connectivity index (χ3v) is 3.91. The second-order valence-corrected chi connectivity index (χ2v) is 5.33. The van der Waals surface area contributed by atoms with Crippen LogP contribution in [0.5, 0.6) is 5.75 Å². The molecule has 1 heterocycles. The van der Waals surface area contributed by atoms with Crippen LogP contribution in [-0.4, -0.2) is 33.3 Å². The van der Waals surface area contributed by atoms with Crippen molar-refractivity contribution in [2.75, 3.05) is 33.3 Å². The van der Waals surface area contributed by atoms with Gasteiger partial charge in [0.15, 0.2) is 0 Å². The van der Waals surface area contributed by atoms with Gasteiger partial charge in [-0.3, -0.25) is 0 Å². The van der Waals surface area contributed by atoms with E-state index < -0.39 is 0 Å². The van der Waals surface area contributed by atoms with Crippen molar-refractivity contribution in [2.45, 2.75) is 25.7 Å². The molecule has 1 aliphatic rings. The van der Waals surface area contributed by atoms with E-state index in [1.807, 2.05) is 6.07 Å². The van der Waals surface area contributed by atoms with Crippen LogP contribution in [0.15, 0.2) is 24.3 Å². The Morgan fingerprint density at radius 2 is 2.11 bits per heavy atom. The number of nitrogens with one attached hydrogen (secondary N) is 2. The van der Waals surface area contributed by atoms with Gasteiger partial charge in [-0.1, -0.05) is 12.1 Å².